The first-order valence-corrected chi connectivity index (χ1v) is 6.40. The number of nitrogens with one attached hydrogen (secondary N) is 2. The maximum atomic E-state index is 13.3. The molecule has 0 fully saturated rings. The van der Waals surface area contributed by atoms with E-state index in [1.165, 1.54) is 24.1 Å². The molecule has 0 aliphatic carbocycles. The van der Waals surface area contributed by atoms with E-state index in [1.807, 2.05) is 24.4 Å². The van der Waals surface area contributed by atoms with Crippen molar-refractivity contribution in [2.24, 2.45) is 0 Å². The predicted molar refractivity (Wildman–Crippen MR) is 78.6 cm³/mol. The molecule has 3 rings (SSSR count). The van der Waals surface area contributed by atoms with Crippen molar-refractivity contribution in [2.45, 2.75) is 6.54 Å². The summed E-state index contributed by atoms with van der Waals surface area (Å²) in [5.41, 5.74) is 3.11. The van der Waals surface area contributed by atoms with Gasteiger partial charge in [0.25, 0.3) is 0 Å². The second-order valence-electron chi connectivity index (χ2n) is 4.56. The highest BCUT2D eigenvalue weighted by Gasteiger charge is 2.05. The largest absolute Gasteiger partial charge is 0.494 e. The summed E-state index contributed by atoms with van der Waals surface area (Å²) in [6, 6.07) is 12.9. The number of methoxy groups -OCH3 is 1. The van der Waals surface area contributed by atoms with Crippen LogP contribution in [-0.4, -0.2) is 12.1 Å². The number of aromatic amines is 1. The van der Waals surface area contributed by atoms with Crippen LogP contribution < -0.4 is 10.1 Å². The van der Waals surface area contributed by atoms with E-state index in [0.29, 0.717) is 6.54 Å². The quantitative estimate of drug-likeness (QED) is 0.753. The minimum atomic E-state index is -0.356. The monoisotopic (exact) mass is 270 g/mol. The summed E-state index contributed by atoms with van der Waals surface area (Å²) in [6.07, 6.45) is 1.98. The Balaban J connectivity index is 1.79. The zero-order valence-electron chi connectivity index (χ0n) is 11.1. The molecule has 20 heavy (non-hydrogen) atoms. The Morgan fingerprint density at radius 2 is 2.05 bits per heavy atom. The van der Waals surface area contributed by atoms with Crippen LogP contribution in [0.5, 0.6) is 5.75 Å². The van der Waals surface area contributed by atoms with Crippen molar-refractivity contribution < 1.29 is 9.13 Å². The fourth-order valence-corrected chi connectivity index (χ4v) is 2.24. The van der Waals surface area contributed by atoms with E-state index in [-0.39, 0.29) is 11.6 Å². The van der Waals surface area contributed by atoms with Gasteiger partial charge in [0.1, 0.15) is 0 Å². The molecule has 0 saturated heterocycles. The van der Waals surface area contributed by atoms with E-state index in [1.54, 1.807) is 12.1 Å². The molecule has 0 radical (unpaired) electrons. The lowest BCUT2D eigenvalue weighted by Crippen LogP contribution is -1.99. The molecule has 0 amide bonds. The first kappa shape index (κ1) is 12.5. The number of benzene rings is 2. The molecular weight excluding hydrogens is 255 g/mol. The SMILES string of the molecule is COc1cc(NCc2c[nH]c3ccccc23)ccc1F. The van der Waals surface area contributed by atoms with E-state index < -0.39 is 0 Å². The van der Waals surface area contributed by atoms with Crippen molar-refractivity contribution in [1.29, 1.82) is 0 Å². The molecule has 0 aliphatic heterocycles. The highest BCUT2D eigenvalue weighted by Crippen LogP contribution is 2.23. The summed E-state index contributed by atoms with van der Waals surface area (Å²) in [5, 5.41) is 4.46. The van der Waals surface area contributed by atoms with Gasteiger partial charge >= 0.3 is 0 Å². The minimum absolute atomic E-state index is 0.244. The van der Waals surface area contributed by atoms with Crippen LogP contribution in [0, 0.1) is 5.82 Å². The predicted octanol–water partition coefficient (Wildman–Crippen LogP) is 3.93. The fraction of sp³-hybridized carbons (Fsp3) is 0.125. The van der Waals surface area contributed by atoms with Gasteiger partial charge in [-0.05, 0) is 23.8 Å². The van der Waals surface area contributed by atoms with Crippen LogP contribution in [0.3, 0.4) is 0 Å². The third-order valence-electron chi connectivity index (χ3n) is 3.31. The number of para-hydroxylation sites is 1. The zero-order valence-corrected chi connectivity index (χ0v) is 11.1. The Kier molecular flexibility index (Phi) is 3.29. The van der Waals surface area contributed by atoms with Gasteiger partial charge in [0.2, 0.25) is 0 Å². The molecule has 2 N–H and O–H groups in total. The number of rotatable bonds is 4. The lowest BCUT2D eigenvalue weighted by molar-refractivity contribution is 0.387. The maximum Gasteiger partial charge on any atom is 0.165 e. The number of halogens is 1. The maximum absolute atomic E-state index is 13.3. The van der Waals surface area contributed by atoms with Crippen LogP contribution in [0.1, 0.15) is 5.56 Å². The van der Waals surface area contributed by atoms with Crippen molar-refractivity contribution in [3.63, 3.8) is 0 Å². The summed E-state index contributed by atoms with van der Waals surface area (Å²) >= 11 is 0. The van der Waals surface area contributed by atoms with Crippen LogP contribution in [0.25, 0.3) is 10.9 Å². The summed E-state index contributed by atoms with van der Waals surface area (Å²) in [6.45, 7) is 0.665. The molecule has 3 nitrogen and oxygen atoms in total. The fourth-order valence-electron chi connectivity index (χ4n) is 2.24. The first-order valence-electron chi connectivity index (χ1n) is 6.40. The third kappa shape index (κ3) is 2.32. The number of anilines is 1. The Bertz CT molecular complexity index is 736. The van der Waals surface area contributed by atoms with Crippen molar-refractivity contribution >= 4 is 16.6 Å². The molecule has 0 atom stereocenters. The Hall–Kier alpha value is -2.49. The van der Waals surface area contributed by atoms with Gasteiger partial charge in [-0.25, -0.2) is 4.39 Å². The Labute approximate surface area is 116 Å². The van der Waals surface area contributed by atoms with E-state index in [9.17, 15) is 4.39 Å². The second kappa shape index (κ2) is 5.25. The molecular formula is C16H15FN2O. The normalized spacial score (nSPS) is 10.7. The second-order valence-corrected chi connectivity index (χ2v) is 4.56. The Morgan fingerprint density at radius 1 is 1.20 bits per heavy atom. The van der Waals surface area contributed by atoms with Crippen molar-refractivity contribution in [1.82, 2.24) is 4.98 Å². The third-order valence-corrected chi connectivity index (χ3v) is 3.31. The molecule has 2 aromatic carbocycles. The Morgan fingerprint density at radius 3 is 2.90 bits per heavy atom. The minimum Gasteiger partial charge on any atom is -0.494 e. The smallest absolute Gasteiger partial charge is 0.165 e. The number of hydrogen-bond donors (Lipinski definition) is 2. The molecule has 1 aromatic heterocycles. The molecule has 0 saturated carbocycles. The van der Waals surface area contributed by atoms with Crippen LogP contribution in [0.15, 0.2) is 48.7 Å². The van der Waals surface area contributed by atoms with E-state index in [0.717, 1.165) is 11.2 Å². The highest BCUT2D eigenvalue weighted by molar-refractivity contribution is 5.83. The van der Waals surface area contributed by atoms with E-state index >= 15 is 0 Å². The van der Waals surface area contributed by atoms with Crippen LogP contribution in [-0.2, 0) is 6.54 Å². The van der Waals surface area contributed by atoms with Gasteiger partial charge in [-0.15, -0.1) is 0 Å². The molecule has 0 spiro atoms. The van der Waals surface area contributed by atoms with Crippen molar-refractivity contribution in [3.8, 4) is 5.75 Å². The lowest BCUT2D eigenvalue weighted by atomic mass is 10.2. The van der Waals surface area contributed by atoms with Gasteiger partial charge in [-0.3, -0.25) is 0 Å². The standard InChI is InChI=1S/C16H15FN2O/c1-20-16-8-12(6-7-14(16)17)18-9-11-10-19-15-5-3-2-4-13(11)15/h2-8,10,18-19H,9H2,1H3. The molecule has 0 aliphatic rings. The van der Waals surface area contributed by atoms with E-state index in [4.69, 9.17) is 4.74 Å². The summed E-state index contributed by atoms with van der Waals surface area (Å²) in [4.78, 5) is 3.23. The molecule has 102 valence electrons. The molecule has 0 unspecified atom stereocenters. The zero-order chi connectivity index (χ0) is 13.9. The number of ether oxygens (including phenoxy) is 1. The van der Waals surface area contributed by atoms with Gasteiger partial charge in [0.05, 0.1) is 7.11 Å². The number of H-pyrrole nitrogens is 1. The molecule has 0 bridgehead atoms. The van der Waals surface area contributed by atoms with Gasteiger partial charge in [0, 0.05) is 35.4 Å². The van der Waals surface area contributed by atoms with Crippen molar-refractivity contribution in [3.05, 3.63) is 60.0 Å². The average molecular weight is 270 g/mol. The molecule has 4 heteroatoms. The average Bonchev–Trinajstić information content (AvgIpc) is 2.90. The number of fused-ring (bicyclic) bond motifs is 1. The van der Waals surface area contributed by atoms with Crippen LogP contribution in [0.4, 0.5) is 10.1 Å². The number of aromatic nitrogens is 1. The van der Waals surface area contributed by atoms with Gasteiger partial charge in [-0.1, -0.05) is 18.2 Å². The topological polar surface area (TPSA) is 37.0 Å². The highest BCUT2D eigenvalue weighted by atomic mass is 19.1. The van der Waals surface area contributed by atoms with E-state index in [2.05, 4.69) is 16.4 Å². The van der Waals surface area contributed by atoms with Gasteiger partial charge in [-0.2, -0.15) is 0 Å². The van der Waals surface area contributed by atoms with Crippen LogP contribution in [0.2, 0.25) is 0 Å². The first-order chi connectivity index (χ1) is 9.78. The number of hydrogen-bond acceptors (Lipinski definition) is 2. The van der Waals surface area contributed by atoms with Gasteiger partial charge in [0.15, 0.2) is 11.6 Å². The van der Waals surface area contributed by atoms with Crippen molar-refractivity contribution in [2.75, 3.05) is 12.4 Å². The summed E-state index contributed by atoms with van der Waals surface area (Å²) in [5.74, 6) is -0.112. The van der Waals surface area contributed by atoms with Gasteiger partial charge < -0.3 is 15.0 Å². The summed E-state index contributed by atoms with van der Waals surface area (Å²) in [7, 11) is 1.46. The molecule has 3 aromatic rings. The lowest BCUT2D eigenvalue weighted by Gasteiger charge is -2.08. The summed E-state index contributed by atoms with van der Waals surface area (Å²) < 4.78 is 18.3. The molecule has 1 heterocycles. The van der Waals surface area contributed by atoms with Crippen LogP contribution >= 0.6 is 0 Å².